The monoisotopic (exact) mass is 307 g/mol. The van der Waals surface area contributed by atoms with E-state index in [-0.39, 0.29) is 12.3 Å². The van der Waals surface area contributed by atoms with Crippen molar-refractivity contribution in [3.63, 3.8) is 0 Å². The quantitative estimate of drug-likeness (QED) is 0.793. The van der Waals surface area contributed by atoms with Crippen molar-refractivity contribution >= 4 is 17.2 Å². The third-order valence-electron chi connectivity index (χ3n) is 3.87. The molecule has 2 heterocycles. The first-order valence-corrected chi connectivity index (χ1v) is 7.85. The minimum absolute atomic E-state index is 0.0533. The highest BCUT2D eigenvalue weighted by atomic mass is 16.1. The number of imidazole rings is 1. The highest BCUT2D eigenvalue weighted by Crippen LogP contribution is 2.17. The Balaban J connectivity index is 1.68. The van der Waals surface area contributed by atoms with Crippen LogP contribution in [0, 0.1) is 6.92 Å². The van der Waals surface area contributed by atoms with Crippen LogP contribution in [0.5, 0.6) is 0 Å². The largest absolute Gasteiger partial charge is 0.326 e. The first-order valence-electron chi connectivity index (χ1n) is 7.85. The molecule has 0 radical (unpaired) electrons. The molecule has 2 aromatic heterocycles. The van der Waals surface area contributed by atoms with Crippen molar-refractivity contribution in [3.8, 4) is 0 Å². The molecule has 0 aliphatic rings. The molecule has 0 bridgehead atoms. The van der Waals surface area contributed by atoms with Gasteiger partial charge in [0.25, 0.3) is 0 Å². The molecule has 1 amide bonds. The Bertz CT molecular complexity index is 831. The van der Waals surface area contributed by atoms with Crippen LogP contribution in [0.15, 0.2) is 48.8 Å². The van der Waals surface area contributed by atoms with E-state index in [4.69, 9.17) is 0 Å². The number of benzene rings is 1. The molecular formula is C19H21N3O. The van der Waals surface area contributed by atoms with E-state index >= 15 is 0 Å². The SMILES string of the molecule is Cc1ccn2cc(CC(=O)Nc3ccc(C(C)C)cc3)nc2c1. The zero-order valence-electron chi connectivity index (χ0n) is 13.7. The summed E-state index contributed by atoms with van der Waals surface area (Å²) < 4.78 is 1.94. The zero-order valence-corrected chi connectivity index (χ0v) is 13.7. The van der Waals surface area contributed by atoms with Gasteiger partial charge in [-0.2, -0.15) is 0 Å². The van der Waals surface area contributed by atoms with E-state index < -0.39 is 0 Å². The molecule has 0 atom stereocenters. The van der Waals surface area contributed by atoms with Crippen LogP contribution in [0.1, 0.15) is 36.6 Å². The Morgan fingerprint density at radius 1 is 1.22 bits per heavy atom. The maximum Gasteiger partial charge on any atom is 0.230 e. The van der Waals surface area contributed by atoms with Gasteiger partial charge in [-0.15, -0.1) is 0 Å². The van der Waals surface area contributed by atoms with Crippen molar-refractivity contribution in [1.29, 1.82) is 0 Å². The molecule has 118 valence electrons. The summed E-state index contributed by atoms with van der Waals surface area (Å²) in [5, 5.41) is 2.92. The van der Waals surface area contributed by atoms with Gasteiger partial charge in [0.15, 0.2) is 0 Å². The Hall–Kier alpha value is -2.62. The van der Waals surface area contributed by atoms with Gasteiger partial charge in [0.1, 0.15) is 5.65 Å². The van der Waals surface area contributed by atoms with Gasteiger partial charge in [-0.3, -0.25) is 4.79 Å². The fourth-order valence-corrected chi connectivity index (χ4v) is 2.54. The molecule has 23 heavy (non-hydrogen) atoms. The normalized spacial score (nSPS) is 11.1. The van der Waals surface area contributed by atoms with Gasteiger partial charge >= 0.3 is 0 Å². The lowest BCUT2D eigenvalue weighted by molar-refractivity contribution is -0.115. The number of aryl methyl sites for hydroxylation is 1. The standard InChI is InChI=1S/C19H21N3O/c1-13(2)15-4-6-16(7-5-15)21-19(23)11-17-12-22-9-8-14(3)10-18(22)20-17/h4-10,12-13H,11H2,1-3H3,(H,21,23). The lowest BCUT2D eigenvalue weighted by atomic mass is 10.0. The van der Waals surface area contributed by atoms with Gasteiger partial charge in [-0.25, -0.2) is 4.98 Å². The molecule has 0 saturated carbocycles. The van der Waals surface area contributed by atoms with E-state index in [1.54, 1.807) is 0 Å². The minimum atomic E-state index is -0.0533. The number of fused-ring (bicyclic) bond motifs is 1. The Morgan fingerprint density at radius 3 is 2.65 bits per heavy atom. The molecule has 1 N–H and O–H groups in total. The highest BCUT2D eigenvalue weighted by molar-refractivity contribution is 5.92. The molecule has 3 aromatic rings. The van der Waals surface area contributed by atoms with E-state index in [9.17, 15) is 4.79 Å². The van der Waals surface area contributed by atoms with Crippen LogP contribution in [0.3, 0.4) is 0 Å². The van der Waals surface area contributed by atoms with E-state index in [1.165, 1.54) is 5.56 Å². The first-order chi connectivity index (χ1) is 11.0. The van der Waals surface area contributed by atoms with Crippen LogP contribution >= 0.6 is 0 Å². The number of hydrogen-bond donors (Lipinski definition) is 1. The summed E-state index contributed by atoms with van der Waals surface area (Å²) in [7, 11) is 0. The summed E-state index contributed by atoms with van der Waals surface area (Å²) >= 11 is 0. The number of carbonyl (C=O) groups excluding carboxylic acids is 1. The smallest absolute Gasteiger partial charge is 0.230 e. The molecular weight excluding hydrogens is 286 g/mol. The zero-order chi connectivity index (χ0) is 16.4. The molecule has 0 unspecified atom stereocenters. The molecule has 4 nitrogen and oxygen atoms in total. The number of pyridine rings is 1. The first kappa shape index (κ1) is 15.3. The summed E-state index contributed by atoms with van der Waals surface area (Å²) in [6, 6.07) is 12.0. The summed E-state index contributed by atoms with van der Waals surface area (Å²) in [5.74, 6) is 0.434. The van der Waals surface area contributed by atoms with Gasteiger partial charge in [0, 0.05) is 18.1 Å². The van der Waals surface area contributed by atoms with Crippen molar-refractivity contribution in [2.75, 3.05) is 5.32 Å². The molecule has 1 aromatic carbocycles. The highest BCUT2D eigenvalue weighted by Gasteiger charge is 2.08. The number of carbonyl (C=O) groups is 1. The second kappa shape index (κ2) is 6.24. The summed E-state index contributed by atoms with van der Waals surface area (Å²) in [6.45, 7) is 6.33. The average molecular weight is 307 g/mol. The maximum atomic E-state index is 12.2. The molecule has 0 spiro atoms. The van der Waals surface area contributed by atoms with Gasteiger partial charge in [0.05, 0.1) is 12.1 Å². The summed E-state index contributed by atoms with van der Waals surface area (Å²) in [4.78, 5) is 16.7. The van der Waals surface area contributed by atoms with Crippen LogP contribution in [0.4, 0.5) is 5.69 Å². The van der Waals surface area contributed by atoms with Crippen molar-refractivity contribution in [2.45, 2.75) is 33.1 Å². The molecule has 3 rings (SSSR count). The van der Waals surface area contributed by atoms with Gasteiger partial charge in [0.2, 0.25) is 5.91 Å². The van der Waals surface area contributed by atoms with Crippen molar-refractivity contribution in [2.24, 2.45) is 0 Å². The predicted octanol–water partition coefficient (Wildman–Crippen LogP) is 3.95. The number of nitrogens with one attached hydrogen (secondary N) is 1. The lowest BCUT2D eigenvalue weighted by Crippen LogP contribution is -2.14. The third kappa shape index (κ3) is 3.59. The summed E-state index contributed by atoms with van der Waals surface area (Å²) in [5.41, 5.74) is 4.88. The Morgan fingerprint density at radius 2 is 1.96 bits per heavy atom. The number of hydrogen-bond acceptors (Lipinski definition) is 2. The molecule has 4 heteroatoms. The number of amides is 1. The summed E-state index contributed by atoms with van der Waals surface area (Å²) in [6.07, 6.45) is 4.13. The molecule has 0 aliphatic carbocycles. The van der Waals surface area contributed by atoms with Gasteiger partial charge < -0.3 is 9.72 Å². The van der Waals surface area contributed by atoms with Crippen molar-refractivity contribution in [1.82, 2.24) is 9.38 Å². The van der Waals surface area contributed by atoms with Crippen LogP contribution in [-0.4, -0.2) is 15.3 Å². The average Bonchev–Trinajstić information content (AvgIpc) is 2.88. The lowest BCUT2D eigenvalue weighted by Gasteiger charge is -2.07. The third-order valence-corrected chi connectivity index (χ3v) is 3.87. The number of rotatable bonds is 4. The second-order valence-corrected chi connectivity index (χ2v) is 6.20. The molecule has 0 aliphatic heterocycles. The van der Waals surface area contributed by atoms with E-state index in [2.05, 4.69) is 24.1 Å². The molecule has 0 fully saturated rings. The molecule has 0 saturated heterocycles. The van der Waals surface area contributed by atoms with E-state index in [0.717, 1.165) is 22.6 Å². The number of aromatic nitrogens is 2. The Labute approximate surface area is 136 Å². The second-order valence-electron chi connectivity index (χ2n) is 6.20. The minimum Gasteiger partial charge on any atom is -0.326 e. The fraction of sp³-hybridized carbons (Fsp3) is 0.263. The maximum absolute atomic E-state index is 12.2. The van der Waals surface area contributed by atoms with Gasteiger partial charge in [-0.1, -0.05) is 26.0 Å². The number of anilines is 1. The number of nitrogens with zero attached hydrogens (tertiary/aromatic N) is 2. The van der Waals surface area contributed by atoms with E-state index in [1.807, 2.05) is 60.1 Å². The van der Waals surface area contributed by atoms with E-state index in [0.29, 0.717) is 5.92 Å². The van der Waals surface area contributed by atoms with Crippen LogP contribution in [0.25, 0.3) is 5.65 Å². The topological polar surface area (TPSA) is 46.4 Å². The predicted molar refractivity (Wildman–Crippen MR) is 92.8 cm³/mol. The van der Waals surface area contributed by atoms with Crippen LogP contribution in [-0.2, 0) is 11.2 Å². The Kier molecular flexibility index (Phi) is 4.15. The van der Waals surface area contributed by atoms with Crippen LogP contribution < -0.4 is 5.32 Å². The van der Waals surface area contributed by atoms with Crippen LogP contribution in [0.2, 0.25) is 0 Å². The van der Waals surface area contributed by atoms with Crippen molar-refractivity contribution < 1.29 is 4.79 Å². The fourth-order valence-electron chi connectivity index (χ4n) is 2.54. The van der Waals surface area contributed by atoms with Gasteiger partial charge in [-0.05, 0) is 48.2 Å². The van der Waals surface area contributed by atoms with Crippen molar-refractivity contribution in [3.05, 3.63) is 65.6 Å².